The summed E-state index contributed by atoms with van der Waals surface area (Å²) in [6.07, 6.45) is 0. The van der Waals surface area contributed by atoms with Crippen molar-refractivity contribution in [3.8, 4) is 56.0 Å². The molecule has 8 aromatic carbocycles. The molecule has 48 heavy (non-hydrogen) atoms. The zero-order valence-electron chi connectivity index (χ0n) is 26.3. The Hall–Kier alpha value is -6.38. The molecule has 1 aliphatic heterocycles. The molecule has 0 radical (unpaired) electrons. The first-order valence-electron chi connectivity index (χ1n) is 16.3. The Morgan fingerprint density at radius 1 is 0.312 bits per heavy atom. The van der Waals surface area contributed by atoms with E-state index in [1.807, 2.05) is 0 Å². The highest BCUT2D eigenvalue weighted by Crippen LogP contribution is 2.48. The van der Waals surface area contributed by atoms with Crippen LogP contribution < -0.4 is 9.64 Å². The highest BCUT2D eigenvalue weighted by Gasteiger charge is 2.21. The molecule has 0 aliphatic carbocycles. The van der Waals surface area contributed by atoms with Crippen molar-refractivity contribution in [2.45, 2.75) is 0 Å². The first kappa shape index (κ1) is 27.9. The van der Waals surface area contributed by atoms with Crippen LogP contribution in [0.25, 0.3) is 55.3 Å². The molecule has 0 fully saturated rings. The summed E-state index contributed by atoms with van der Waals surface area (Å²) in [4.78, 5) is 2.34. The number of fused-ring (bicyclic) bond motifs is 2. The molecular formula is C46H31NO. The molecule has 0 aromatic heterocycles. The van der Waals surface area contributed by atoms with E-state index in [-0.39, 0.29) is 0 Å². The normalized spacial score (nSPS) is 11.5. The van der Waals surface area contributed by atoms with E-state index in [0.29, 0.717) is 0 Å². The predicted molar refractivity (Wildman–Crippen MR) is 200 cm³/mol. The van der Waals surface area contributed by atoms with Gasteiger partial charge < -0.3 is 9.64 Å². The molecule has 0 bridgehead atoms. The minimum atomic E-state index is 0.889. The van der Waals surface area contributed by atoms with Crippen LogP contribution in [0.4, 0.5) is 17.1 Å². The lowest BCUT2D eigenvalue weighted by molar-refractivity contribution is 0.487. The van der Waals surface area contributed by atoms with Gasteiger partial charge in [-0.2, -0.15) is 0 Å². The summed E-state index contributed by atoms with van der Waals surface area (Å²) in [6, 6.07) is 66.9. The highest BCUT2D eigenvalue weighted by atomic mass is 16.5. The Kier molecular flexibility index (Phi) is 6.84. The van der Waals surface area contributed by atoms with Gasteiger partial charge in [-0.15, -0.1) is 0 Å². The smallest absolute Gasteiger partial charge is 0.135 e. The van der Waals surface area contributed by atoms with Gasteiger partial charge in [0.15, 0.2) is 0 Å². The monoisotopic (exact) mass is 613 g/mol. The fraction of sp³-hybridized carbons (Fsp3) is 0. The Balaban J connectivity index is 1.13. The van der Waals surface area contributed by atoms with Crippen LogP contribution in [0.1, 0.15) is 0 Å². The van der Waals surface area contributed by atoms with Crippen molar-refractivity contribution >= 4 is 27.8 Å². The fourth-order valence-corrected chi connectivity index (χ4v) is 6.88. The molecule has 2 nitrogen and oxygen atoms in total. The summed E-state index contributed by atoms with van der Waals surface area (Å²) in [6.45, 7) is 0. The zero-order valence-corrected chi connectivity index (χ0v) is 26.3. The molecule has 0 unspecified atom stereocenters. The molecule has 2 heteroatoms. The first-order valence-corrected chi connectivity index (χ1v) is 16.3. The van der Waals surface area contributed by atoms with Crippen molar-refractivity contribution in [3.05, 3.63) is 188 Å². The van der Waals surface area contributed by atoms with Crippen LogP contribution in [0.5, 0.6) is 11.5 Å². The second-order valence-electron chi connectivity index (χ2n) is 12.2. The molecule has 0 atom stereocenters. The molecule has 1 heterocycles. The first-order chi connectivity index (χ1) is 23.8. The van der Waals surface area contributed by atoms with E-state index < -0.39 is 0 Å². The zero-order chi connectivity index (χ0) is 31.9. The van der Waals surface area contributed by atoms with Gasteiger partial charge in [0.25, 0.3) is 0 Å². The molecule has 1 aliphatic rings. The second-order valence-corrected chi connectivity index (χ2v) is 12.2. The third kappa shape index (κ3) is 5.01. The quantitative estimate of drug-likeness (QED) is 0.185. The second kappa shape index (κ2) is 11.8. The third-order valence-electron chi connectivity index (χ3n) is 9.26. The van der Waals surface area contributed by atoms with E-state index in [9.17, 15) is 0 Å². The number of anilines is 3. The van der Waals surface area contributed by atoms with E-state index in [0.717, 1.165) is 45.3 Å². The van der Waals surface area contributed by atoms with Gasteiger partial charge in [-0.25, -0.2) is 0 Å². The van der Waals surface area contributed by atoms with Gasteiger partial charge in [0, 0.05) is 28.0 Å². The van der Waals surface area contributed by atoms with Crippen LogP contribution in [-0.2, 0) is 0 Å². The molecular weight excluding hydrogens is 583 g/mol. The van der Waals surface area contributed by atoms with Gasteiger partial charge in [-0.3, -0.25) is 0 Å². The number of hydrogen-bond acceptors (Lipinski definition) is 2. The van der Waals surface area contributed by atoms with Crippen LogP contribution in [-0.4, -0.2) is 0 Å². The van der Waals surface area contributed by atoms with Crippen molar-refractivity contribution in [2.75, 3.05) is 4.90 Å². The van der Waals surface area contributed by atoms with E-state index in [1.54, 1.807) is 0 Å². The Bertz CT molecular complexity index is 2310. The minimum absolute atomic E-state index is 0.889. The summed E-state index contributed by atoms with van der Waals surface area (Å²) >= 11 is 0. The molecule has 0 N–H and O–H groups in total. The van der Waals surface area contributed by atoms with Crippen LogP contribution in [0, 0.1) is 0 Å². The van der Waals surface area contributed by atoms with Crippen LogP contribution >= 0.6 is 0 Å². The maximum absolute atomic E-state index is 6.39. The van der Waals surface area contributed by atoms with Gasteiger partial charge in [0.05, 0.1) is 0 Å². The third-order valence-corrected chi connectivity index (χ3v) is 9.26. The maximum atomic E-state index is 6.39. The summed E-state index contributed by atoms with van der Waals surface area (Å²) < 4.78 is 6.39. The van der Waals surface area contributed by atoms with Crippen LogP contribution in [0.15, 0.2) is 188 Å². The van der Waals surface area contributed by atoms with Crippen LogP contribution in [0.3, 0.4) is 0 Å². The predicted octanol–water partition coefficient (Wildman–Crippen LogP) is 13.1. The maximum Gasteiger partial charge on any atom is 0.135 e. The summed E-state index contributed by atoms with van der Waals surface area (Å²) in [5, 5.41) is 2.36. The molecule has 0 saturated heterocycles. The lowest BCUT2D eigenvalue weighted by atomic mass is 9.92. The number of rotatable bonds is 6. The van der Waals surface area contributed by atoms with Crippen molar-refractivity contribution in [1.82, 2.24) is 0 Å². The standard InChI is InChI=1S/C46H31NO/c1-3-10-32(11-4-1)34-20-25-39(26-21-34)47(40-27-22-35(23-28-40)33-12-5-2-6-13-33)41-17-7-16-37(30-41)38-24-29-44-43(31-38)42-18-8-14-36-15-9-19-45(48-44)46(36)42/h1-31H. The van der Waals surface area contributed by atoms with Gasteiger partial charge in [0.1, 0.15) is 11.5 Å². The van der Waals surface area contributed by atoms with E-state index in [4.69, 9.17) is 4.74 Å². The lowest BCUT2D eigenvalue weighted by Gasteiger charge is -2.27. The minimum Gasteiger partial charge on any atom is -0.456 e. The highest BCUT2D eigenvalue weighted by molar-refractivity contribution is 6.04. The number of nitrogens with zero attached hydrogens (tertiary/aromatic N) is 1. The fourth-order valence-electron chi connectivity index (χ4n) is 6.88. The molecule has 8 aromatic rings. The van der Waals surface area contributed by atoms with Crippen molar-refractivity contribution in [3.63, 3.8) is 0 Å². The number of hydrogen-bond donors (Lipinski definition) is 0. The molecule has 226 valence electrons. The summed E-state index contributed by atoms with van der Waals surface area (Å²) in [7, 11) is 0. The van der Waals surface area contributed by atoms with Crippen molar-refractivity contribution in [1.29, 1.82) is 0 Å². The molecule has 0 amide bonds. The van der Waals surface area contributed by atoms with Crippen molar-refractivity contribution < 1.29 is 4.74 Å². The lowest BCUT2D eigenvalue weighted by Crippen LogP contribution is -2.10. The number of benzene rings is 8. The van der Waals surface area contributed by atoms with Gasteiger partial charge >= 0.3 is 0 Å². The van der Waals surface area contributed by atoms with Gasteiger partial charge in [-0.1, -0.05) is 133 Å². The summed E-state index contributed by atoms with van der Waals surface area (Å²) in [5.41, 5.74) is 12.7. The average Bonchev–Trinajstić information content (AvgIpc) is 3.16. The average molecular weight is 614 g/mol. The van der Waals surface area contributed by atoms with E-state index >= 15 is 0 Å². The Morgan fingerprint density at radius 3 is 1.48 bits per heavy atom. The van der Waals surface area contributed by atoms with E-state index in [1.165, 1.54) is 38.6 Å². The Labute approximate surface area is 280 Å². The SMILES string of the molecule is c1ccc(-c2ccc(N(c3ccc(-c4ccccc4)cc3)c3cccc(-c4ccc5c(c4)-c4cccc6cccc(c46)O5)c3)cc2)cc1. The van der Waals surface area contributed by atoms with Crippen molar-refractivity contribution in [2.24, 2.45) is 0 Å². The van der Waals surface area contributed by atoms with Gasteiger partial charge in [0.2, 0.25) is 0 Å². The largest absolute Gasteiger partial charge is 0.456 e. The Morgan fingerprint density at radius 2 is 0.833 bits per heavy atom. The number of ether oxygens (including phenoxy) is 1. The van der Waals surface area contributed by atoms with E-state index in [2.05, 4.69) is 193 Å². The van der Waals surface area contributed by atoms with Gasteiger partial charge in [-0.05, 0) is 98.9 Å². The van der Waals surface area contributed by atoms with Crippen LogP contribution in [0.2, 0.25) is 0 Å². The molecule has 9 rings (SSSR count). The molecule has 0 saturated carbocycles. The molecule has 0 spiro atoms. The topological polar surface area (TPSA) is 12.5 Å². The summed E-state index contributed by atoms with van der Waals surface area (Å²) in [5.74, 6) is 1.80.